The maximum Gasteiger partial charge on any atom is 0.321 e. The summed E-state index contributed by atoms with van der Waals surface area (Å²) < 4.78 is 26.2. The van der Waals surface area contributed by atoms with E-state index in [1.807, 2.05) is 31.2 Å². The monoisotopic (exact) mass is 343 g/mol. The Hall–Kier alpha value is -2.62. The summed E-state index contributed by atoms with van der Waals surface area (Å²) in [5.74, 6) is 4.72. The average molecular weight is 343 g/mol. The summed E-state index contributed by atoms with van der Waals surface area (Å²) in [6.45, 7) is 3.26. The van der Waals surface area contributed by atoms with Crippen LogP contribution in [0.15, 0.2) is 53.4 Å². The van der Waals surface area contributed by atoms with E-state index in [2.05, 4.69) is 16.6 Å². The maximum absolute atomic E-state index is 12.1. The van der Waals surface area contributed by atoms with Gasteiger partial charge in [0, 0.05) is 11.1 Å². The molecule has 0 unspecified atom stereocenters. The van der Waals surface area contributed by atoms with Gasteiger partial charge in [0.1, 0.15) is 6.04 Å². The maximum atomic E-state index is 12.1. The largest absolute Gasteiger partial charge is 0.480 e. The van der Waals surface area contributed by atoms with Crippen LogP contribution in [0.1, 0.15) is 23.6 Å². The van der Waals surface area contributed by atoms with Crippen LogP contribution in [0.3, 0.4) is 0 Å². The van der Waals surface area contributed by atoms with Crippen molar-refractivity contribution in [2.75, 3.05) is 0 Å². The van der Waals surface area contributed by atoms with Crippen molar-refractivity contribution in [1.82, 2.24) is 4.72 Å². The molecule has 2 aromatic rings. The molecular weight excluding hydrogens is 326 g/mol. The molecule has 2 rings (SSSR count). The first-order valence-electron chi connectivity index (χ1n) is 7.22. The molecule has 6 heteroatoms. The number of benzene rings is 2. The molecule has 2 aromatic carbocycles. The molecule has 0 aromatic heterocycles. The average Bonchev–Trinajstić information content (AvgIpc) is 2.54. The first kappa shape index (κ1) is 17.7. The lowest BCUT2D eigenvalue weighted by Gasteiger charge is -2.10. The van der Waals surface area contributed by atoms with Crippen molar-refractivity contribution in [2.45, 2.75) is 24.8 Å². The van der Waals surface area contributed by atoms with E-state index >= 15 is 0 Å². The molecule has 0 spiro atoms. The van der Waals surface area contributed by atoms with E-state index in [0.717, 1.165) is 11.1 Å². The van der Waals surface area contributed by atoms with Crippen LogP contribution >= 0.6 is 0 Å². The number of carbonyl (C=O) groups is 1. The lowest BCUT2D eigenvalue weighted by molar-refractivity contribution is -0.138. The Labute approximate surface area is 141 Å². The molecule has 0 radical (unpaired) electrons. The number of nitrogens with one attached hydrogen (secondary N) is 1. The summed E-state index contributed by atoms with van der Waals surface area (Å²) >= 11 is 0. The zero-order valence-electron chi connectivity index (χ0n) is 13.3. The third kappa shape index (κ3) is 4.69. The highest BCUT2D eigenvalue weighted by atomic mass is 32.2. The number of hydrogen-bond donors (Lipinski definition) is 2. The molecule has 0 amide bonds. The van der Waals surface area contributed by atoms with Crippen LogP contribution in [0.25, 0.3) is 0 Å². The van der Waals surface area contributed by atoms with Gasteiger partial charge in [-0.05, 0) is 50.2 Å². The fraction of sp³-hybridized carbons (Fsp3) is 0.167. The Balaban J connectivity index is 2.16. The molecule has 5 nitrogen and oxygen atoms in total. The zero-order valence-corrected chi connectivity index (χ0v) is 14.1. The van der Waals surface area contributed by atoms with Crippen LogP contribution in [-0.4, -0.2) is 25.5 Å². The smallest absolute Gasteiger partial charge is 0.321 e. The quantitative estimate of drug-likeness (QED) is 0.833. The minimum absolute atomic E-state index is 0.00325. The van der Waals surface area contributed by atoms with E-state index < -0.39 is 22.0 Å². The van der Waals surface area contributed by atoms with Crippen molar-refractivity contribution in [2.24, 2.45) is 0 Å². The van der Waals surface area contributed by atoms with Gasteiger partial charge in [-0.25, -0.2) is 8.42 Å². The van der Waals surface area contributed by atoms with Gasteiger partial charge in [0.15, 0.2) is 0 Å². The van der Waals surface area contributed by atoms with Crippen molar-refractivity contribution >= 4 is 16.0 Å². The van der Waals surface area contributed by atoms with Crippen LogP contribution in [-0.2, 0) is 14.8 Å². The topological polar surface area (TPSA) is 83.5 Å². The van der Waals surface area contributed by atoms with Gasteiger partial charge in [-0.15, -0.1) is 0 Å². The standard InChI is InChI=1S/C18H17NO4S/c1-13-3-5-15(6-4-13)7-8-16-9-11-17(12-10-16)24(22,23)19-14(2)18(20)21/h3-6,9-12,14,19H,1-2H3,(H,20,21)/t14-/m1/s1. The van der Waals surface area contributed by atoms with Crippen molar-refractivity contribution in [1.29, 1.82) is 0 Å². The van der Waals surface area contributed by atoms with E-state index in [0.29, 0.717) is 5.56 Å². The number of rotatable bonds is 4. The van der Waals surface area contributed by atoms with Gasteiger partial charge in [0.2, 0.25) is 10.0 Å². The highest BCUT2D eigenvalue weighted by Crippen LogP contribution is 2.11. The van der Waals surface area contributed by atoms with Gasteiger partial charge in [-0.2, -0.15) is 4.72 Å². The van der Waals surface area contributed by atoms with E-state index in [1.54, 1.807) is 12.1 Å². The Kier molecular flexibility index (Phi) is 5.39. The predicted octanol–water partition coefficient (Wildman–Crippen LogP) is 2.15. The molecular formula is C18H17NO4S. The normalized spacial score (nSPS) is 12.1. The molecule has 0 bridgehead atoms. The molecule has 2 N–H and O–H groups in total. The molecule has 0 aliphatic heterocycles. The fourth-order valence-electron chi connectivity index (χ4n) is 1.85. The van der Waals surface area contributed by atoms with Crippen molar-refractivity contribution in [3.8, 4) is 11.8 Å². The summed E-state index contributed by atoms with van der Waals surface area (Å²) in [5, 5.41) is 8.79. The Morgan fingerprint density at radius 3 is 1.92 bits per heavy atom. The van der Waals surface area contributed by atoms with Gasteiger partial charge < -0.3 is 5.11 Å². The van der Waals surface area contributed by atoms with E-state index in [4.69, 9.17) is 5.11 Å². The number of aryl methyl sites for hydroxylation is 1. The molecule has 0 fully saturated rings. The second kappa shape index (κ2) is 7.30. The minimum atomic E-state index is -3.87. The highest BCUT2D eigenvalue weighted by molar-refractivity contribution is 7.89. The molecule has 0 heterocycles. The van der Waals surface area contributed by atoms with Crippen LogP contribution in [0.4, 0.5) is 0 Å². The second-order valence-corrected chi connectivity index (χ2v) is 7.04. The first-order valence-corrected chi connectivity index (χ1v) is 8.70. The van der Waals surface area contributed by atoms with Crippen LogP contribution in [0.5, 0.6) is 0 Å². The lowest BCUT2D eigenvalue weighted by atomic mass is 10.1. The predicted molar refractivity (Wildman–Crippen MR) is 91.0 cm³/mol. The number of carboxylic acids is 1. The molecule has 0 saturated heterocycles. The molecule has 0 aliphatic rings. The SMILES string of the molecule is Cc1ccc(C#Cc2ccc(S(=O)(=O)N[C@H](C)C(=O)O)cc2)cc1. The van der Waals surface area contributed by atoms with Gasteiger partial charge in [-0.3, -0.25) is 4.79 Å². The summed E-state index contributed by atoms with van der Waals surface area (Å²) in [5.41, 5.74) is 2.69. The lowest BCUT2D eigenvalue weighted by Crippen LogP contribution is -2.38. The Morgan fingerprint density at radius 1 is 1.00 bits per heavy atom. The first-order chi connectivity index (χ1) is 11.3. The summed E-state index contributed by atoms with van der Waals surface area (Å²) in [4.78, 5) is 10.8. The third-order valence-corrected chi connectivity index (χ3v) is 4.83. The van der Waals surface area contributed by atoms with E-state index in [9.17, 15) is 13.2 Å². The van der Waals surface area contributed by atoms with Gasteiger partial charge in [-0.1, -0.05) is 29.5 Å². The summed E-state index contributed by atoms with van der Waals surface area (Å²) in [6, 6.07) is 12.5. The minimum Gasteiger partial charge on any atom is -0.480 e. The molecule has 24 heavy (non-hydrogen) atoms. The Bertz CT molecular complexity index is 889. The number of aliphatic carboxylic acids is 1. The number of sulfonamides is 1. The summed E-state index contributed by atoms with van der Waals surface area (Å²) in [7, 11) is -3.87. The van der Waals surface area contributed by atoms with Crippen LogP contribution < -0.4 is 4.72 Å². The van der Waals surface area contributed by atoms with Gasteiger partial charge in [0.05, 0.1) is 4.90 Å². The molecule has 0 aliphatic carbocycles. The molecule has 1 atom stereocenters. The number of hydrogen-bond acceptors (Lipinski definition) is 3. The number of carboxylic acid groups (broad SMARTS) is 1. The van der Waals surface area contributed by atoms with E-state index in [-0.39, 0.29) is 4.90 Å². The molecule has 0 saturated carbocycles. The van der Waals surface area contributed by atoms with E-state index in [1.165, 1.54) is 19.1 Å². The summed E-state index contributed by atoms with van der Waals surface area (Å²) in [6.07, 6.45) is 0. The van der Waals surface area contributed by atoms with Crippen LogP contribution in [0.2, 0.25) is 0 Å². The van der Waals surface area contributed by atoms with Crippen molar-refractivity contribution in [3.63, 3.8) is 0 Å². The molecule has 124 valence electrons. The zero-order chi connectivity index (χ0) is 17.7. The van der Waals surface area contributed by atoms with Crippen LogP contribution in [0, 0.1) is 18.8 Å². The van der Waals surface area contributed by atoms with Gasteiger partial charge in [0.25, 0.3) is 0 Å². The highest BCUT2D eigenvalue weighted by Gasteiger charge is 2.21. The fourth-order valence-corrected chi connectivity index (χ4v) is 3.05. The van der Waals surface area contributed by atoms with Crippen molar-refractivity contribution < 1.29 is 18.3 Å². The third-order valence-electron chi connectivity index (χ3n) is 3.27. The van der Waals surface area contributed by atoms with Crippen molar-refractivity contribution in [3.05, 3.63) is 65.2 Å². The second-order valence-electron chi connectivity index (χ2n) is 5.32. The Morgan fingerprint density at radius 2 is 1.46 bits per heavy atom. The van der Waals surface area contributed by atoms with Gasteiger partial charge >= 0.3 is 5.97 Å².